The number of benzene rings is 2. The summed E-state index contributed by atoms with van der Waals surface area (Å²) in [5.74, 6) is -1.95. The fourth-order valence-corrected chi connectivity index (χ4v) is 6.24. The first-order valence-corrected chi connectivity index (χ1v) is 14.9. The number of rotatable bonds is 15. The minimum absolute atomic E-state index is 0.00563. The molecule has 2 amide bonds. The maximum atomic E-state index is 13.1. The number of nitrogens with zero attached hydrogens (tertiary/aromatic N) is 1. The highest BCUT2D eigenvalue weighted by Gasteiger charge is 2.40. The number of hydrogen-bond acceptors (Lipinski definition) is 6. The summed E-state index contributed by atoms with van der Waals surface area (Å²) in [6.07, 6.45) is 3.87. The molecule has 0 spiro atoms. The van der Waals surface area contributed by atoms with E-state index >= 15 is 0 Å². The number of amides is 2. The molecule has 0 saturated carbocycles. The minimum Gasteiger partial charge on any atom is -0.480 e. The molecule has 1 saturated heterocycles. The van der Waals surface area contributed by atoms with Gasteiger partial charge in [-0.3, -0.25) is 9.59 Å². The maximum Gasteiger partial charge on any atom is 0.326 e. The van der Waals surface area contributed by atoms with Crippen molar-refractivity contribution in [3.05, 3.63) is 72.4 Å². The second-order valence-corrected chi connectivity index (χ2v) is 11.8. The van der Waals surface area contributed by atoms with Gasteiger partial charge in [-0.05, 0) is 62.4 Å². The Morgan fingerprint density at radius 3 is 2.40 bits per heavy atom. The standard InChI is InChI=1S/C29H38N4O6S/c1-21(2)30-18-8-4-7-13-27(34)31-23-16-14-22(15-17-23)20-25(29(36)37)32-28(35)26-12-9-19-33(26)40(38,39)24-10-5-3-6-11-24/h3,5-6,10-11,14-17,25-26,30H,1,4,7-9,12-13,18-20H2,2H3,(H,31,34)(H,32,35)(H,36,37). The fourth-order valence-electron chi connectivity index (χ4n) is 4.56. The number of carbonyl (C=O) groups excluding carboxylic acids is 2. The Morgan fingerprint density at radius 2 is 1.75 bits per heavy atom. The molecule has 1 fully saturated rings. The highest BCUT2D eigenvalue weighted by molar-refractivity contribution is 7.89. The van der Waals surface area contributed by atoms with E-state index in [1.165, 1.54) is 12.1 Å². The SMILES string of the molecule is C=C(C)NCCCCCC(=O)Nc1ccc(CC(NC(=O)C2CCCN2S(=O)(=O)c2ccccc2)C(=O)O)cc1. The molecule has 0 radical (unpaired) electrons. The van der Waals surface area contributed by atoms with Crippen LogP contribution < -0.4 is 16.0 Å². The largest absolute Gasteiger partial charge is 0.480 e. The molecule has 0 aliphatic carbocycles. The van der Waals surface area contributed by atoms with Crippen LogP contribution in [0.3, 0.4) is 0 Å². The molecule has 40 heavy (non-hydrogen) atoms. The van der Waals surface area contributed by atoms with Crippen molar-refractivity contribution in [2.75, 3.05) is 18.4 Å². The molecule has 4 N–H and O–H groups in total. The average Bonchev–Trinajstić information content (AvgIpc) is 3.43. The van der Waals surface area contributed by atoms with Gasteiger partial charge in [-0.25, -0.2) is 13.2 Å². The van der Waals surface area contributed by atoms with E-state index in [9.17, 15) is 27.9 Å². The van der Waals surface area contributed by atoms with Gasteiger partial charge in [0.2, 0.25) is 21.8 Å². The van der Waals surface area contributed by atoms with Crippen molar-refractivity contribution < 1.29 is 27.9 Å². The third-order valence-corrected chi connectivity index (χ3v) is 8.58. The lowest BCUT2D eigenvalue weighted by Gasteiger charge is -2.25. The van der Waals surface area contributed by atoms with Crippen molar-refractivity contribution in [3.8, 4) is 0 Å². The highest BCUT2D eigenvalue weighted by Crippen LogP contribution is 2.26. The van der Waals surface area contributed by atoms with Gasteiger partial charge < -0.3 is 21.1 Å². The van der Waals surface area contributed by atoms with Crippen LogP contribution in [0.1, 0.15) is 51.0 Å². The predicted molar refractivity (Wildman–Crippen MR) is 153 cm³/mol. The Morgan fingerprint density at radius 1 is 1.05 bits per heavy atom. The predicted octanol–water partition coefficient (Wildman–Crippen LogP) is 3.27. The van der Waals surface area contributed by atoms with Crippen molar-refractivity contribution in [2.24, 2.45) is 0 Å². The summed E-state index contributed by atoms with van der Waals surface area (Å²) >= 11 is 0. The van der Waals surface area contributed by atoms with E-state index in [1.807, 2.05) is 6.92 Å². The van der Waals surface area contributed by atoms with E-state index in [0.717, 1.165) is 35.8 Å². The number of carboxylic acid groups (broad SMARTS) is 1. The number of carboxylic acids is 1. The van der Waals surface area contributed by atoms with Crippen LogP contribution in [0.5, 0.6) is 0 Å². The lowest BCUT2D eigenvalue weighted by molar-refractivity contribution is -0.142. The number of hydrogen-bond donors (Lipinski definition) is 4. The maximum absolute atomic E-state index is 13.1. The van der Waals surface area contributed by atoms with Gasteiger partial charge >= 0.3 is 5.97 Å². The lowest BCUT2D eigenvalue weighted by Crippen LogP contribution is -2.51. The van der Waals surface area contributed by atoms with E-state index in [4.69, 9.17) is 0 Å². The van der Waals surface area contributed by atoms with Gasteiger partial charge in [-0.15, -0.1) is 0 Å². The Bertz CT molecular complexity index is 1280. The van der Waals surface area contributed by atoms with Crippen molar-refractivity contribution in [1.29, 1.82) is 0 Å². The minimum atomic E-state index is -3.89. The smallest absolute Gasteiger partial charge is 0.326 e. The van der Waals surface area contributed by atoms with Crippen LogP contribution in [0.25, 0.3) is 0 Å². The highest BCUT2D eigenvalue weighted by atomic mass is 32.2. The number of allylic oxidation sites excluding steroid dienone is 1. The second kappa shape index (κ2) is 14.6. The number of carbonyl (C=O) groups is 3. The fraction of sp³-hybridized carbons (Fsp3) is 0.414. The van der Waals surface area contributed by atoms with Crippen LogP contribution in [-0.2, 0) is 30.8 Å². The first-order chi connectivity index (χ1) is 19.1. The van der Waals surface area contributed by atoms with Gasteiger partial charge in [0, 0.05) is 37.3 Å². The molecular weight excluding hydrogens is 532 g/mol. The van der Waals surface area contributed by atoms with Crippen LogP contribution >= 0.6 is 0 Å². The van der Waals surface area contributed by atoms with Crippen molar-refractivity contribution in [3.63, 3.8) is 0 Å². The zero-order valence-corrected chi connectivity index (χ0v) is 23.6. The van der Waals surface area contributed by atoms with Crippen LogP contribution in [-0.4, -0.2) is 60.8 Å². The molecule has 1 heterocycles. The Labute approximate surface area is 235 Å². The molecule has 2 unspecified atom stereocenters. The van der Waals surface area contributed by atoms with E-state index in [1.54, 1.807) is 42.5 Å². The quantitative estimate of drug-likeness (QED) is 0.241. The third-order valence-electron chi connectivity index (χ3n) is 6.66. The first-order valence-electron chi connectivity index (χ1n) is 13.5. The Balaban J connectivity index is 1.53. The number of nitrogens with one attached hydrogen (secondary N) is 3. The summed E-state index contributed by atoms with van der Waals surface area (Å²) in [7, 11) is -3.89. The molecule has 11 heteroatoms. The van der Waals surface area contributed by atoms with Crippen molar-refractivity contribution >= 4 is 33.5 Å². The van der Waals surface area contributed by atoms with Gasteiger partial charge in [0.1, 0.15) is 12.1 Å². The Hall–Kier alpha value is -3.70. The van der Waals surface area contributed by atoms with Crippen LogP contribution in [0.2, 0.25) is 0 Å². The summed E-state index contributed by atoms with van der Waals surface area (Å²) in [4.78, 5) is 37.3. The zero-order chi connectivity index (χ0) is 29.1. The number of aliphatic carboxylic acids is 1. The van der Waals surface area contributed by atoms with E-state index in [0.29, 0.717) is 30.5 Å². The lowest BCUT2D eigenvalue weighted by atomic mass is 10.0. The van der Waals surface area contributed by atoms with E-state index in [-0.39, 0.29) is 23.8 Å². The molecule has 2 aromatic carbocycles. The summed E-state index contributed by atoms with van der Waals surface area (Å²) < 4.78 is 27.3. The molecule has 0 aromatic heterocycles. The number of unbranched alkanes of at least 4 members (excludes halogenated alkanes) is 2. The van der Waals surface area contributed by atoms with E-state index in [2.05, 4.69) is 22.5 Å². The Kier molecular flexibility index (Phi) is 11.3. The van der Waals surface area contributed by atoms with Gasteiger partial charge in [-0.1, -0.05) is 43.3 Å². The average molecular weight is 571 g/mol. The summed E-state index contributed by atoms with van der Waals surface area (Å²) in [5.41, 5.74) is 2.17. The van der Waals surface area contributed by atoms with Crippen LogP contribution in [0.15, 0.2) is 71.8 Å². The molecule has 2 aromatic rings. The molecule has 216 valence electrons. The summed E-state index contributed by atoms with van der Waals surface area (Å²) in [6, 6.07) is 12.4. The van der Waals surface area contributed by atoms with Crippen LogP contribution in [0, 0.1) is 0 Å². The van der Waals surface area contributed by atoms with E-state index < -0.39 is 34.0 Å². The van der Waals surface area contributed by atoms with Crippen molar-refractivity contribution in [2.45, 2.75) is 68.8 Å². The van der Waals surface area contributed by atoms with Gasteiger partial charge in [0.25, 0.3) is 0 Å². The second-order valence-electron chi connectivity index (χ2n) is 9.95. The molecule has 0 bridgehead atoms. The molecule has 2 atom stereocenters. The molecule has 3 rings (SSSR count). The summed E-state index contributed by atoms with van der Waals surface area (Å²) in [6.45, 7) is 6.71. The summed E-state index contributed by atoms with van der Waals surface area (Å²) in [5, 5.41) is 18.3. The molecule has 10 nitrogen and oxygen atoms in total. The third kappa shape index (κ3) is 8.92. The number of anilines is 1. The van der Waals surface area contributed by atoms with Gasteiger partial charge in [0.15, 0.2) is 0 Å². The number of sulfonamides is 1. The first kappa shape index (κ1) is 30.8. The zero-order valence-electron chi connectivity index (χ0n) is 22.8. The molecule has 1 aliphatic heterocycles. The van der Waals surface area contributed by atoms with Gasteiger partial charge in [-0.2, -0.15) is 4.31 Å². The van der Waals surface area contributed by atoms with Crippen molar-refractivity contribution in [1.82, 2.24) is 14.9 Å². The topological polar surface area (TPSA) is 145 Å². The monoisotopic (exact) mass is 570 g/mol. The van der Waals surface area contributed by atoms with Crippen LogP contribution in [0.4, 0.5) is 5.69 Å². The van der Waals surface area contributed by atoms with Gasteiger partial charge in [0.05, 0.1) is 4.90 Å². The molecule has 1 aliphatic rings. The normalized spacial score (nSPS) is 16.2. The molecular formula is C29H38N4O6S.